The van der Waals surface area contributed by atoms with E-state index in [4.69, 9.17) is 4.42 Å². The van der Waals surface area contributed by atoms with E-state index in [1.165, 1.54) is 6.26 Å². The predicted molar refractivity (Wildman–Crippen MR) is 97.8 cm³/mol. The molecule has 2 aromatic carbocycles. The van der Waals surface area contributed by atoms with E-state index >= 15 is 0 Å². The molecule has 0 aliphatic heterocycles. The van der Waals surface area contributed by atoms with Gasteiger partial charge in [-0.1, -0.05) is 35.9 Å². The van der Waals surface area contributed by atoms with Crippen LogP contribution in [0.1, 0.15) is 22.5 Å². The van der Waals surface area contributed by atoms with Crippen LogP contribution >= 0.6 is 0 Å². The second-order valence-electron chi connectivity index (χ2n) is 6.36. The van der Waals surface area contributed by atoms with Gasteiger partial charge in [0.05, 0.1) is 23.3 Å². The van der Waals surface area contributed by atoms with E-state index in [9.17, 15) is 21.6 Å². The van der Waals surface area contributed by atoms with E-state index in [-0.39, 0.29) is 13.1 Å². The van der Waals surface area contributed by atoms with Crippen molar-refractivity contribution in [2.45, 2.75) is 31.1 Å². The average molecular weight is 409 g/mol. The monoisotopic (exact) mass is 409 g/mol. The molecule has 8 heteroatoms. The normalized spacial score (nSPS) is 12.5. The van der Waals surface area contributed by atoms with Crippen molar-refractivity contribution < 1.29 is 26.0 Å². The summed E-state index contributed by atoms with van der Waals surface area (Å²) < 4.78 is 71.7. The summed E-state index contributed by atoms with van der Waals surface area (Å²) in [5.41, 5.74) is 0.719. The fourth-order valence-electron chi connectivity index (χ4n) is 2.68. The first-order valence-corrected chi connectivity index (χ1v) is 9.85. The molecule has 0 spiro atoms. The Bertz CT molecular complexity index is 1030. The zero-order chi connectivity index (χ0) is 20.4. The fraction of sp³-hybridized carbons (Fsp3) is 0.200. The number of hydrogen-bond acceptors (Lipinski definition) is 3. The van der Waals surface area contributed by atoms with Crippen molar-refractivity contribution in [2.24, 2.45) is 0 Å². The lowest BCUT2D eigenvalue weighted by Crippen LogP contribution is -2.30. The zero-order valence-corrected chi connectivity index (χ0v) is 15.8. The van der Waals surface area contributed by atoms with E-state index in [1.807, 2.05) is 19.1 Å². The molecule has 1 heterocycles. The van der Waals surface area contributed by atoms with Crippen LogP contribution in [0.4, 0.5) is 13.2 Å². The second kappa shape index (κ2) is 7.81. The molecule has 0 atom stereocenters. The summed E-state index contributed by atoms with van der Waals surface area (Å²) in [6.07, 6.45) is -3.22. The molecule has 0 bridgehead atoms. The maximum absolute atomic E-state index is 13.1. The Kier molecular flexibility index (Phi) is 5.62. The first-order chi connectivity index (χ1) is 13.2. The van der Waals surface area contributed by atoms with E-state index < -0.39 is 26.7 Å². The minimum absolute atomic E-state index is 0.000438. The van der Waals surface area contributed by atoms with Gasteiger partial charge in [0.1, 0.15) is 5.76 Å². The van der Waals surface area contributed by atoms with Crippen LogP contribution in [0.25, 0.3) is 0 Å². The van der Waals surface area contributed by atoms with Gasteiger partial charge < -0.3 is 4.42 Å². The Hall–Kier alpha value is -2.58. The van der Waals surface area contributed by atoms with Gasteiger partial charge in [-0.3, -0.25) is 0 Å². The standard InChI is InChI=1S/C20H18F3NO3S/c1-15-7-9-16(10-8-15)13-24(14-18-5-3-11-27-18)28(25,26)19-6-2-4-17(12-19)20(21,22)23/h2-12H,13-14H2,1H3. The predicted octanol–water partition coefficient (Wildman–Crippen LogP) is 5.00. The highest BCUT2D eigenvalue weighted by atomic mass is 32.2. The lowest BCUT2D eigenvalue weighted by molar-refractivity contribution is -0.137. The van der Waals surface area contributed by atoms with Gasteiger partial charge in [-0.05, 0) is 42.8 Å². The first-order valence-electron chi connectivity index (χ1n) is 8.41. The van der Waals surface area contributed by atoms with Crippen LogP contribution in [-0.4, -0.2) is 12.7 Å². The van der Waals surface area contributed by atoms with Crippen LogP contribution in [0.15, 0.2) is 76.2 Å². The molecule has 0 saturated carbocycles. The number of rotatable bonds is 6. The fourth-order valence-corrected chi connectivity index (χ4v) is 4.12. The molecule has 0 unspecified atom stereocenters. The van der Waals surface area contributed by atoms with Crippen LogP contribution in [-0.2, 0) is 29.3 Å². The number of halogens is 3. The lowest BCUT2D eigenvalue weighted by atomic mass is 10.1. The third-order valence-electron chi connectivity index (χ3n) is 4.19. The summed E-state index contributed by atoms with van der Waals surface area (Å²) in [6.45, 7) is 1.81. The smallest absolute Gasteiger partial charge is 0.416 e. The molecule has 4 nitrogen and oxygen atoms in total. The van der Waals surface area contributed by atoms with Crippen LogP contribution < -0.4 is 0 Å². The maximum Gasteiger partial charge on any atom is 0.416 e. The number of benzene rings is 2. The Morgan fingerprint density at radius 2 is 1.68 bits per heavy atom. The molecule has 1 aromatic heterocycles. The quantitative estimate of drug-likeness (QED) is 0.576. The summed E-state index contributed by atoms with van der Waals surface area (Å²) in [6, 6.07) is 14.2. The van der Waals surface area contributed by atoms with Crippen LogP contribution in [0.5, 0.6) is 0 Å². The number of alkyl halides is 3. The van der Waals surface area contributed by atoms with E-state index in [1.54, 1.807) is 24.3 Å². The average Bonchev–Trinajstić information content (AvgIpc) is 3.15. The Morgan fingerprint density at radius 1 is 0.964 bits per heavy atom. The van der Waals surface area contributed by atoms with Crippen LogP contribution in [0.2, 0.25) is 0 Å². The highest BCUT2D eigenvalue weighted by Crippen LogP contribution is 2.31. The number of sulfonamides is 1. The first kappa shape index (κ1) is 20.2. The van der Waals surface area contributed by atoms with Crippen molar-refractivity contribution in [3.63, 3.8) is 0 Å². The summed E-state index contributed by atoms with van der Waals surface area (Å²) in [7, 11) is -4.19. The topological polar surface area (TPSA) is 50.5 Å². The largest absolute Gasteiger partial charge is 0.468 e. The van der Waals surface area contributed by atoms with Gasteiger partial charge in [0.25, 0.3) is 0 Å². The highest BCUT2D eigenvalue weighted by Gasteiger charge is 2.33. The summed E-state index contributed by atoms with van der Waals surface area (Å²) >= 11 is 0. The summed E-state index contributed by atoms with van der Waals surface area (Å²) in [5.74, 6) is 0.391. The van der Waals surface area contributed by atoms with Gasteiger partial charge in [0.15, 0.2) is 0 Å². The second-order valence-corrected chi connectivity index (χ2v) is 8.30. The Balaban J connectivity index is 1.99. The van der Waals surface area contributed by atoms with Crippen molar-refractivity contribution in [3.8, 4) is 0 Å². The molecule has 0 saturated heterocycles. The number of furan rings is 1. The summed E-state index contributed by atoms with van der Waals surface area (Å²) in [4.78, 5) is -0.416. The van der Waals surface area contributed by atoms with E-state index in [2.05, 4.69) is 0 Å². The van der Waals surface area contributed by atoms with Crippen molar-refractivity contribution in [2.75, 3.05) is 0 Å². The molecule has 0 aliphatic rings. The van der Waals surface area contributed by atoms with Gasteiger partial charge in [0.2, 0.25) is 10.0 Å². The Morgan fingerprint density at radius 3 is 2.29 bits per heavy atom. The highest BCUT2D eigenvalue weighted by molar-refractivity contribution is 7.89. The van der Waals surface area contributed by atoms with Crippen LogP contribution in [0.3, 0.4) is 0 Å². The van der Waals surface area contributed by atoms with E-state index in [0.717, 1.165) is 28.1 Å². The molecular formula is C20H18F3NO3S. The van der Waals surface area contributed by atoms with Gasteiger partial charge >= 0.3 is 6.18 Å². The lowest BCUT2D eigenvalue weighted by Gasteiger charge is -2.22. The third-order valence-corrected chi connectivity index (χ3v) is 5.98. The number of aryl methyl sites for hydroxylation is 1. The molecular weight excluding hydrogens is 391 g/mol. The molecule has 3 aromatic rings. The molecule has 0 N–H and O–H groups in total. The van der Waals surface area contributed by atoms with Gasteiger partial charge in [-0.25, -0.2) is 8.42 Å². The molecule has 0 aliphatic carbocycles. The number of nitrogens with zero attached hydrogens (tertiary/aromatic N) is 1. The summed E-state index contributed by atoms with van der Waals surface area (Å²) in [5, 5.41) is 0. The van der Waals surface area contributed by atoms with Crippen molar-refractivity contribution in [1.29, 1.82) is 0 Å². The third kappa shape index (κ3) is 4.63. The van der Waals surface area contributed by atoms with Gasteiger partial charge in [0, 0.05) is 6.54 Å². The molecule has 148 valence electrons. The van der Waals surface area contributed by atoms with Gasteiger partial charge in [-0.15, -0.1) is 0 Å². The van der Waals surface area contributed by atoms with Crippen LogP contribution in [0, 0.1) is 6.92 Å². The molecule has 0 fully saturated rings. The molecule has 3 rings (SSSR count). The van der Waals surface area contributed by atoms with Crippen molar-refractivity contribution in [3.05, 3.63) is 89.4 Å². The number of hydrogen-bond donors (Lipinski definition) is 0. The maximum atomic E-state index is 13.1. The molecule has 0 radical (unpaired) electrons. The SMILES string of the molecule is Cc1ccc(CN(Cc2ccco2)S(=O)(=O)c2cccc(C(F)(F)F)c2)cc1. The van der Waals surface area contributed by atoms with Crippen molar-refractivity contribution in [1.82, 2.24) is 4.31 Å². The zero-order valence-electron chi connectivity index (χ0n) is 15.0. The minimum atomic E-state index is -4.63. The molecule has 28 heavy (non-hydrogen) atoms. The molecule has 0 amide bonds. The Labute approximate surface area is 161 Å². The van der Waals surface area contributed by atoms with Crippen molar-refractivity contribution >= 4 is 10.0 Å². The minimum Gasteiger partial charge on any atom is -0.468 e. The van der Waals surface area contributed by atoms with E-state index in [0.29, 0.717) is 17.4 Å². The van der Waals surface area contributed by atoms with Gasteiger partial charge in [-0.2, -0.15) is 17.5 Å².